The van der Waals surface area contributed by atoms with Crippen LogP contribution in [0.15, 0.2) is 36.7 Å². The Kier molecular flexibility index (Phi) is 4.30. The highest BCUT2D eigenvalue weighted by molar-refractivity contribution is 5.42. The van der Waals surface area contributed by atoms with Crippen molar-refractivity contribution < 1.29 is 9.47 Å². The molecule has 1 atom stereocenters. The summed E-state index contributed by atoms with van der Waals surface area (Å²) in [6.07, 6.45) is 3.37. The Morgan fingerprint density at radius 1 is 1.26 bits per heavy atom. The van der Waals surface area contributed by atoms with Gasteiger partial charge in [0.1, 0.15) is 18.1 Å². The molecule has 0 amide bonds. The van der Waals surface area contributed by atoms with E-state index in [1.807, 2.05) is 25.1 Å². The molecule has 19 heavy (non-hydrogen) atoms. The molecule has 2 N–H and O–H groups in total. The molecular formula is C14H17N3O2. The average Bonchev–Trinajstić information content (AvgIpc) is 2.45. The minimum atomic E-state index is -0.113. The third-order valence-corrected chi connectivity index (χ3v) is 2.69. The van der Waals surface area contributed by atoms with Crippen molar-refractivity contribution in [2.75, 3.05) is 7.11 Å². The first-order valence-corrected chi connectivity index (χ1v) is 6.03. The minimum absolute atomic E-state index is 0.113. The maximum absolute atomic E-state index is 5.92. The molecule has 1 aromatic heterocycles. The van der Waals surface area contributed by atoms with Crippen LogP contribution in [0.25, 0.3) is 0 Å². The van der Waals surface area contributed by atoms with Crippen molar-refractivity contribution in [3.8, 4) is 11.5 Å². The van der Waals surface area contributed by atoms with E-state index in [-0.39, 0.29) is 6.04 Å². The van der Waals surface area contributed by atoms with Gasteiger partial charge in [0.2, 0.25) is 0 Å². The van der Waals surface area contributed by atoms with E-state index >= 15 is 0 Å². The Labute approximate surface area is 112 Å². The SMILES string of the molecule is COc1ccc([C@H](C)N)c(OCc2ncccn2)c1. The van der Waals surface area contributed by atoms with Gasteiger partial charge in [-0.15, -0.1) is 0 Å². The molecule has 0 spiro atoms. The van der Waals surface area contributed by atoms with Gasteiger partial charge in [-0.1, -0.05) is 6.07 Å². The van der Waals surface area contributed by atoms with Crippen molar-refractivity contribution in [3.05, 3.63) is 48.0 Å². The Morgan fingerprint density at radius 3 is 2.63 bits per heavy atom. The molecule has 2 rings (SSSR count). The van der Waals surface area contributed by atoms with Gasteiger partial charge in [0.05, 0.1) is 7.11 Å². The topological polar surface area (TPSA) is 70.3 Å². The summed E-state index contributed by atoms with van der Waals surface area (Å²) in [5.74, 6) is 2.05. The minimum Gasteiger partial charge on any atom is -0.497 e. The Bertz CT molecular complexity index is 529. The highest BCUT2D eigenvalue weighted by Crippen LogP contribution is 2.28. The number of ether oxygens (including phenoxy) is 2. The second kappa shape index (κ2) is 6.15. The molecular weight excluding hydrogens is 242 g/mol. The van der Waals surface area contributed by atoms with Gasteiger partial charge in [-0.3, -0.25) is 0 Å². The highest BCUT2D eigenvalue weighted by atomic mass is 16.5. The number of nitrogens with two attached hydrogens (primary N) is 1. The van der Waals surface area contributed by atoms with Crippen LogP contribution in [-0.2, 0) is 6.61 Å². The molecule has 0 unspecified atom stereocenters. The molecule has 0 aliphatic rings. The van der Waals surface area contributed by atoms with Crippen LogP contribution in [0.3, 0.4) is 0 Å². The fourth-order valence-corrected chi connectivity index (χ4v) is 1.69. The van der Waals surface area contributed by atoms with Gasteiger partial charge in [0, 0.05) is 30.1 Å². The van der Waals surface area contributed by atoms with Crippen molar-refractivity contribution in [1.29, 1.82) is 0 Å². The van der Waals surface area contributed by atoms with Crippen LogP contribution in [-0.4, -0.2) is 17.1 Å². The molecule has 2 aromatic rings. The Morgan fingerprint density at radius 2 is 2.00 bits per heavy atom. The summed E-state index contributed by atoms with van der Waals surface area (Å²) in [4.78, 5) is 8.22. The van der Waals surface area contributed by atoms with Crippen LogP contribution in [0, 0.1) is 0 Å². The van der Waals surface area contributed by atoms with Crippen LogP contribution in [0.4, 0.5) is 0 Å². The maximum atomic E-state index is 5.92. The molecule has 1 heterocycles. The molecule has 0 fully saturated rings. The first kappa shape index (κ1) is 13.3. The summed E-state index contributed by atoms with van der Waals surface area (Å²) < 4.78 is 10.9. The monoisotopic (exact) mass is 259 g/mol. The van der Waals surface area contributed by atoms with E-state index in [4.69, 9.17) is 15.2 Å². The van der Waals surface area contributed by atoms with Gasteiger partial charge in [0.25, 0.3) is 0 Å². The zero-order valence-electron chi connectivity index (χ0n) is 11.0. The number of nitrogens with zero attached hydrogens (tertiary/aromatic N) is 2. The normalized spacial score (nSPS) is 11.9. The van der Waals surface area contributed by atoms with Gasteiger partial charge >= 0.3 is 0 Å². The molecule has 5 nitrogen and oxygen atoms in total. The Balaban J connectivity index is 2.18. The lowest BCUT2D eigenvalue weighted by Gasteiger charge is -2.14. The van der Waals surface area contributed by atoms with Crippen LogP contribution >= 0.6 is 0 Å². The molecule has 0 bridgehead atoms. The van der Waals surface area contributed by atoms with E-state index in [1.54, 1.807) is 25.6 Å². The molecule has 1 aromatic carbocycles. The first-order chi connectivity index (χ1) is 9.20. The third-order valence-electron chi connectivity index (χ3n) is 2.69. The number of hydrogen-bond donors (Lipinski definition) is 1. The van der Waals surface area contributed by atoms with Crippen molar-refractivity contribution >= 4 is 0 Å². The number of benzene rings is 1. The summed E-state index contributed by atoms with van der Waals surface area (Å²) in [5.41, 5.74) is 6.85. The molecule has 5 heteroatoms. The predicted molar refractivity (Wildman–Crippen MR) is 72.0 cm³/mol. The molecule has 0 saturated heterocycles. The zero-order valence-corrected chi connectivity index (χ0v) is 11.0. The van der Waals surface area contributed by atoms with Crippen LogP contribution in [0.2, 0.25) is 0 Å². The number of hydrogen-bond acceptors (Lipinski definition) is 5. The van der Waals surface area contributed by atoms with Gasteiger partial charge in [-0.25, -0.2) is 9.97 Å². The lowest BCUT2D eigenvalue weighted by molar-refractivity contribution is 0.289. The molecule has 0 aliphatic carbocycles. The van der Waals surface area contributed by atoms with Gasteiger partial charge in [-0.05, 0) is 19.1 Å². The summed E-state index contributed by atoms with van der Waals surface area (Å²) in [7, 11) is 1.62. The number of aromatic nitrogens is 2. The van der Waals surface area contributed by atoms with E-state index in [2.05, 4.69) is 9.97 Å². The van der Waals surface area contributed by atoms with E-state index < -0.39 is 0 Å². The fraction of sp³-hybridized carbons (Fsp3) is 0.286. The van der Waals surface area contributed by atoms with Crippen molar-refractivity contribution in [3.63, 3.8) is 0 Å². The molecule has 0 aliphatic heterocycles. The second-order valence-corrected chi connectivity index (χ2v) is 4.15. The van der Waals surface area contributed by atoms with Crippen molar-refractivity contribution in [1.82, 2.24) is 9.97 Å². The highest BCUT2D eigenvalue weighted by Gasteiger charge is 2.10. The summed E-state index contributed by atoms with van der Waals surface area (Å²) >= 11 is 0. The van der Waals surface area contributed by atoms with Gasteiger partial charge in [-0.2, -0.15) is 0 Å². The van der Waals surface area contributed by atoms with Crippen molar-refractivity contribution in [2.45, 2.75) is 19.6 Å². The van der Waals surface area contributed by atoms with E-state index in [0.29, 0.717) is 18.2 Å². The third kappa shape index (κ3) is 3.42. The smallest absolute Gasteiger partial charge is 0.166 e. The summed E-state index contributed by atoms with van der Waals surface area (Å²) in [6.45, 7) is 2.21. The van der Waals surface area contributed by atoms with E-state index in [0.717, 1.165) is 11.3 Å². The summed E-state index contributed by atoms with van der Waals surface area (Å²) in [6, 6.07) is 7.25. The first-order valence-electron chi connectivity index (χ1n) is 6.03. The molecule has 0 radical (unpaired) electrons. The largest absolute Gasteiger partial charge is 0.497 e. The van der Waals surface area contributed by atoms with Crippen LogP contribution < -0.4 is 15.2 Å². The Hall–Kier alpha value is -2.14. The second-order valence-electron chi connectivity index (χ2n) is 4.15. The van der Waals surface area contributed by atoms with Crippen LogP contribution in [0.5, 0.6) is 11.5 Å². The van der Waals surface area contributed by atoms with Crippen LogP contribution in [0.1, 0.15) is 24.4 Å². The average molecular weight is 259 g/mol. The van der Waals surface area contributed by atoms with Gasteiger partial charge < -0.3 is 15.2 Å². The predicted octanol–water partition coefficient (Wildman–Crippen LogP) is 2.08. The van der Waals surface area contributed by atoms with E-state index in [1.165, 1.54) is 0 Å². The maximum Gasteiger partial charge on any atom is 0.166 e. The van der Waals surface area contributed by atoms with Crippen molar-refractivity contribution in [2.24, 2.45) is 5.73 Å². The van der Waals surface area contributed by atoms with E-state index in [9.17, 15) is 0 Å². The number of rotatable bonds is 5. The lowest BCUT2D eigenvalue weighted by atomic mass is 10.1. The quantitative estimate of drug-likeness (QED) is 0.890. The number of methoxy groups -OCH3 is 1. The standard InChI is InChI=1S/C14H17N3O2/c1-10(15)12-5-4-11(18-2)8-13(12)19-9-14-16-6-3-7-17-14/h3-8,10H,9,15H2,1-2H3/t10-/m0/s1. The zero-order chi connectivity index (χ0) is 13.7. The lowest BCUT2D eigenvalue weighted by Crippen LogP contribution is -2.09. The fourth-order valence-electron chi connectivity index (χ4n) is 1.69. The molecule has 100 valence electrons. The molecule has 0 saturated carbocycles. The van der Waals surface area contributed by atoms with Gasteiger partial charge in [0.15, 0.2) is 5.82 Å². The summed E-state index contributed by atoms with van der Waals surface area (Å²) in [5, 5.41) is 0.